The first-order chi connectivity index (χ1) is 9.82. The summed E-state index contributed by atoms with van der Waals surface area (Å²) in [5, 5.41) is 3.62. The fraction of sp³-hybridized carbons (Fsp3) is 1.00. The van der Waals surface area contributed by atoms with Crippen LogP contribution in [0.2, 0.25) is 0 Å². The lowest BCUT2D eigenvalue weighted by atomic mass is 9.74. The molecular formula is C18H35NO. The molecule has 0 aromatic rings. The van der Waals surface area contributed by atoms with Gasteiger partial charge in [0.05, 0.1) is 6.10 Å². The highest BCUT2D eigenvalue weighted by Gasteiger charge is 2.49. The van der Waals surface area contributed by atoms with Gasteiger partial charge in [-0.05, 0) is 38.1 Å². The van der Waals surface area contributed by atoms with Crippen LogP contribution in [0.3, 0.4) is 0 Å². The van der Waals surface area contributed by atoms with Gasteiger partial charge in [0.15, 0.2) is 0 Å². The monoisotopic (exact) mass is 281 g/mol. The Balaban J connectivity index is 1.77. The average Bonchev–Trinajstić information content (AvgIpc) is 3.22. The SMILES string of the molecule is CCCCCCCCC1(CNCC)CCOC1C1CC1. The zero-order chi connectivity index (χ0) is 14.3. The molecule has 2 rings (SSSR count). The van der Waals surface area contributed by atoms with Gasteiger partial charge in [0.2, 0.25) is 0 Å². The Morgan fingerprint density at radius 2 is 1.80 bits per heavy atom. The highest BCUT2D eigenvalue weighted by molar-refractivity contribution is 5.00. The second kappa shape index (κ2) is 8.38. The molecule has 0 spiro atoms. The molecule has 20 heavy (non-hydrogen) atoms. The maximum Gasteiger partial charge on any atom is 0.0672 e. The van der Waals surface area contributed by atoms with Gasteiger partial charge < -0.3 is 10.1 Å². The van der Waals surface area contributed by atoms with E-state index in [2.05, 4.69) is 19.2 Å². The van der Waals surface area contributed by atoms with E-state index in [-0.39, 0.29) is 0 Å². The number of unbranched alkanes of at least 4 members (excludes halogenated alkanes) is 5. The van der Waals surface area contributed by atoms with Gasteiger partial charge in [0.1, 0.15) is 0 Å². The van der Waals surface area contributed by atoms with E-state index >= 15 is 0 Å². The minimum atomic E-state index is 0.460. The third-order valence-corrected chi connectivity index (χ3v) is 5.31. The fourth-order valence-electron chi connectivity index (χ4n) is 3.92. The summed E-state index contributed by atoms with van der Waals surface area (Å²) in [6.07, 6.45) is 14.5. The quantitative estimate of drug-likeness (QED) is 0.562. The summed E-state index contributed by atoms with van der Waals surface area (Å²) < 4.78 is 6.15. The van der Waals surface area contributed by atoms with E-state index in [1.807, 2.05) is 0 Å². The molecule has 1 aliphatic heterocycles. The highest BCUT2D eigenvalue weighted by Crippen LogP contribution is 2.50. The first-order valence-corrected chi connectivity index (χ1v) is 9.14. The van der Waals surface area contributed by atoms with Crippen molar-refractivity contribution in [1.82, 2.24) is 5.32 Å². The molecule has 2 atom stereocenters. The van der Waals surface area contributed by atoms with E-state index in [0.717, 1.165) is 19.1 Å². The molecule has 2 fully saturated rings. The zero-order valence-electron chi connectivity index (χ0n) is 13.8. The van der Waals surface area contributed by atoms with Crippen LogP contribution < -0.4 is 5.32 Å². The summed E-state index contributed by atoms with van der Waals surface area (Å²) in [5.74, 6) is 0.885. The van der Waals surface area contributed by atoms with Crippen LogP contribution in [0.5, 0.6) is 0 Å². The van der Waals surface area contributed by atoms with Gasteiger partial charge in [-0.25, -0.2) is 0 Å². The molecule has 0 aromatic heterocycles. The van der Waals surface area contributed by atoms with Crippen LogP contribution in [-0.2, 0) is 4.74 Å². The van der Waals surface area contributed by atoms with Crippen LogP contribution in [0, 0.1) is 11.3 Å². The van der Waals surface area contributed by atoms with Gasteiger partial charge >= 0.3 is 0 Å². The smallest absolute Gasteiger partial charge is 0.0672 e. The Hall–Kier alpha value is -0.0800. The lowest BCUT2D eigenvalue weighted by Crippen LogP contribution is -2.42. The van der Waals surface area contributed by atoms with Crippen molar-refractivity contribution in [2.75, 3.05) is 19.7 Å². The van der Waals surface area contributed by atoms with Crippen LogP contribution in [0.1, 0.15) is 78.1 Å². The molecule has 2 nitrogen and oxygen atoms in total. The summed E-state index contributed by atoms with van der Waals surface area (Å²) in [4.78, 5) is 0. The number of rotatable bonds is 11. The molecule has 1 saturated carbocycles. The van der Waals surface area contributed by atoms with E-state index in [9.17, 15) is 0 Å². The third kappa shape index (κ3) is 4.46. The number of ether oxygens (including phenoxy) is 1. The van der Waals surface area contributed by atoms with E-state index in [1.54, 1.807) is 0 Å². The van der Waals surface area contributed by atoms with Crippen LogP contribution in [0.25, 0.3) is 0 Å². The molecule has 2 unspecified atom stereocenters. The van der Waals surface area contributed by atoms with Crippen molar-refractivity contribution in [2.24, 2.45) is 11.3 Å². The van der Waals surface area contributed by atoms with Gasteiger partial charge in [0, 0.05) is 18.6 Å². The lowest BCUT2D eigenvalue weighted by Gasteiger charge is -2.35. The minimum Gasteiger partial charge on any atom is -0.377 e. The van der Waals surface area contributed by atoms with Gasteiger partial charge in [-0.3, -0.25) is 0 Å². The van der Waals surface area contributed by atoms with Crippen molar-refractivity contribution < 1.29 is 4.74 Å². The molecule has 1 heterocycles. The van der Waals surface area contributed by atoms with Crippen LogP contribution in [-0.4, -0.2) is 25.8 Å². The molecule has 0 aromatic carbocycles. The number of hydrogen-bond donors (Lipinski definition) is 1. The molecule has 118 valence electrons. The number of hydrogen-bond acceptors (Lipinski definition) is 2. The van der Waals surface area contributed by atoms with E-state index < -0.39 is 0 Å². The van der Waals surface area contributed by atoms with Gasteiger partial charge in [-0.15, -0.1) is 0 Å². The van der Waals surface area contributed by atoms with Gasteiger partial charge in [-0.2, -0.15) is 0 Å². The second-order valence-electron chi connectivity index (χ2n) is 7.04. The van der Waals surface area contributed by atoms with Gasteiger partial charge in [0.25, 0.3) is 0 Å². The Morgan fingerprint density at radius 1 is 1.05 bits per heavy atom. The first-order valence-electron chi connectivity index (χ1n) is 9.14. The summed E-state index contributed by atoms with van der Waals surface area (Å²) in [6.45, 7) is 7.79. The second-order valence-corrected chi connectivity index (χ2v) is 7.04. The van der Waals surface area contributed by atoms with Crippen molar-refractivity contribution in [1.29, 1.82) is 0 Å². The maximum atomic E-state index is 6.15. The predicted octanol–water partition coefficient (Wildman–Crippen LogP) is 4.53. The lowest BCUT2D eigenvalue weighted by molar-refractivity contribution is 0.0255. The summed E-state index contributed by atoms with van der Waals surface area (Å²) in [6, 6.07) is 0. The van der Waals surface area contributed by atoms with Crippen LogP contribution >= 0.6 is 0 Å². The summed E-state index contributed by atoms with van der Waals surface area (Å²) in [7, 11) is 0. The maximum absolute atomic E-state index is 6.15. The largest absolute Gasteiger partial charge is 0.377 e. The Bertz CT molecular complexity index is 264. The summed E-state index contributed by atoms with van der Waals surface area (Å²) in [5.41, 5.74) is 0.460. The Labute approximate surface area is 126 Å². The molecule has 1 saturated heterocycles. The molecular weight excluding hydrogens is 246 g/mol. The predicted molar refractivity (Wildman–Crippen MR) is 86.1 cm³/mol. The molecule has 0 bridgehead atoms. The minimum absolute atomic E-state index is 0.460. The van der Waals surface area contributed by atoms with Crippen LogP contribution in [0.4, 0.5) is 0 Å². The summed E-state index contributed by atoms with van der Waals surface area (Å²) >= 11 is 0. The van der Waals surface area contributed by atoms with E-state index in [0.29, 0.717) is 11.5 Å². The Morgan fingerprint density at radius 3 is 2.50 bits per heavy atom. The topological polar surface area (TPSA) is 21.3 Å². The van der Waals surface area contributed by atoms with Crippen molar-refractivity contribution in [2.45, 2.75) is 84.2 Å². The van der Waals surface area contributed by atoms with Crippen LogP contribution in [0.15, 0.2) is 0 Å². The van der Waals surface area contributed by atoms with Crippen molar-refractivity contribution in [3.05, 3.63) is 0 Å². The van der Waals surface area contributed by atoms with Gasteiger partial charge in [-0.1, -0.05) is 52.4 Å². The molecule has 2 heteroatoms. The van der Waals surface area contributed by atoms with Crippen molar-refractivity contribution in [3.63, 3.8) is 0 Å². The molecule has 2 aliphatic rings. The van der Waals surface area contributed by atoms with E-state index in [4.69, 9.17) is 4.74 Å². The fourth-order valence-corrected chi connectivity index (χ4v) is 3.92. The van der Waals surface area contributed by atoms with Crippen molar-refractivity contribution in [3.8, 4) is 0 Å². The third-order valence-electron chi connectivity index (χ3n) is 5.31. The standard InChI is InChI=1S/C18H35NO/c1-3-5-6-7-8-9-12-18(15-19-4-2)13-14-20-17(18)16-10-11-16/h16-17,19H,3-15H2,1-2H3. The van der Waals surface area contributed by atoms with E-state index in [1.165, 1.54) is 70.8 Å². The first kappa shape index (κ1) is 16.3. The molecule has 1 aliphatic carbocycles. The zero-order valence-corrected chi connectivity index (χ0v) is 13.8. The highest BCUT2D eigenvalue weighted by atomic mass is 16.5. The van der Waals surface area contributed by atoms with Crippen molar-refractivity contribution >= 4 is 0 Å². The normalized spacial score (nSPS) is 30.0. The molecule has 1 N–H and O–H groups in total. The Kier molecular flexibility index (Phi) is 6.83. The molecule has 0 radical (unpaired) electrons. The number of nitrogens with one attached hydrogen (secondary N) is 1. The molecule has 0 amide bonds. The average molecular weight is 281 g/mol.